The van der Waals surface area contributed by atoms with Crippen molar-refractivity contribution in [1.82, 2.24) is 5.32 Å². The van der Waals surface area contributed by atoms with Crippen LogP contribution in [0.3, 0.4) is 0 Å². The lowest BCUT2D eigenvalue weighted by Gasteiger charge is -2.23. The van der Waals surface area contributed by atoms with Gasteiger partial charge in [-0.3, -0.25) is 0 Å². The Morgan fingerprint density at radius 3 is 2.56 bits per heavy atom. The van der Waals surface area contributed by atoms with Gasteiger partial charge in [-0.15, -0.1) is 0 Å². The molecule has 1 fully saturated rings. The smallest absolute Gasteiger partial charge is 0.150 e. The van der Waals surface area contributed by atoms with Gasteiger partial charge in [0.2, 0.25) is 0 Å². The van der Waals surface area contributed by atoms with Gasteiger partial charge in [-0.2, -0.15) is 0 Å². The number of sulfone groups is 1. The van der Waals surface area contributed by atoms with Crippen molar-refractivity contribution in [3.63, 3.8) is 0 Å². The van der Waals surface area contributed by atoms with E-state index in [9.17, 15) is 8.42 Å². The van der Waals surface area contributed by atoms with E-state index in [1.54, 1.807) is 0 Å². The zero-order chi connectivity index (χ0) is 13.0. The molecule has 0 spiro atoms. The average molecular weight is 269 g/mol. The summed E-state index contributed by atoms with van der Waals surface area (Å²) in [5, 5.41) is 12.4. The second-order valence-corrected chi connectivity index (χ2v) is 7.09. The summed E-state index contributed by atoms with van der Waals surface area (Å²) < 4.78 is 22.6. The summed E-state index contributed by atoms with van der Waals surface area (Å²) in [6.45, 7) is 0.772. The van der Waals surface area contributed by atoms with Crippen LogP contribution in [0, 0.1) is 0 Å². The molecule has 0 saturated carbocycles. The molecule has 0 bridgehead atoms. The second-order valence-electron chi connectivity index (χ2n) is 4.79. The van der Waals surface area contributed by atoms with Crippen LogP contribution < -0.4 is 5.32 Å². The van der Waals surface area contributed by atoms with Gasteiger partial charge in [-0.25, -0.2) is 8.42 Å². The van der Waals surface area contributed by atoms with E-state index in [1.807, 2.05) is 24.3 Å². The highest BCUT2D eigenvalue weighted by Gasteiger charge is 2.22. The predicted octanol–water partition coefficient (Wildman–Crippen LogP) is 0.846. The van der Waals surface area contributed by atoms with E-state index < -0.39 is 9.84 Å². The molecule has 1 aliphatic rings. The molecule has 2 rings (SSSR count). The number of aliphatic hydroxyl groups is 1. The first kappa shape index (κ1) is 13.5. The molecule has 5 heteroatoms. The molecule has 0 aromatic heterocycles. The number of aliphatic hydroxyl groups excluding tert-OH is 1. The van der Waals surface area contributed by atoms with Gasteiger partial charge in [0, 0.05) is 12.6 Å². The molecule has 1 aliphatic heterocycles. The summed E-state index contributed by atoms with van der Waals surface area (Å²) in [5.41, 5.74) is 2.02. The second kappa shape index (κ2) is 5.82. The van der Waals surface area contributed by atoms with Crippen LogP contribution in [0.15, 0.2) is 24.3 Å². The topological polar surface area (TPSA) is 66.4 Å². The lowest BCUT2D eigenvalue weighted by atomic mass is 10.1. The van der Waals surface area contributed by atoms with E-state index in [0.717, 1.165) is 17.7 Å². The van der Waals surface area contributed by atoms with Gasteiger partial charge in [0.15, 0.2) is 0 Å². The van der Waals surface area contributed by atoms with Crippen LogP contribution in [0.1, 0.15) is 24.0 Å². The van der Waals surface area contributed by atoms with E-state index in [1.165, 1.54) is 0 Å². The third-order valence-electron chi connectivity index (χ3n) is 3.32. The van der Waals surface area contributed by atoms with E-state index >= 15 is 0 Å². The molecule has 100 valence electrons. The summed E-state index contributed by atoms with van der Waals surface area (Å²) in [4.78, 5) is 0. The Hall–Kier alpha value is -0.910. The van der Waals surface area contributed by atoms with E-state index in [4.69, 9.17) is 5.11 Å². The highest BCUT2D eigenvalue weighted by Crippen LogP contribution is 2.13. The van der Waals surface area contributed by atoms with Crippen molar-refractivity contribution in [2.45, 2.75) is 32.0 Å². The molecule has 1 heterocycles. The highest BCUT2D eigenvalue weighted by atomic mass is 32.2. The molecule has 2 N–H and O–H groups in total. The van der Waals surface area contributed by atoms with Crippen LogP contribution in [0.2, 0.25) is 0 Å². The summed E-state index contributed by atoms with van der Waals surface area (Å²) in [5.74, 6) is 0.586. The fourth-order valence-corrected chi connectivity index (χ4v) is 3.69. The van der Waals surface area contributed by atoms with Crippen LogP contribution >= 0.6 is 0 Å². The molecule has 0 unspecified atom stereocenters. The Labute approximate surface area is 108 Å². The zero-order valence-corrected chi connectivity index (χ0v) is 11.1. The van der Waals surface area contributed by atoms with Crippen molar-refractivity contribution >= 4 is 9.84 Å². The molecule has 4 nitrogen and oxygen atoms in total. The standard InChI is InChI=1S/C13H19NO3S/c15-10-12-3-1-2-11(8-12)9-14-13-4-6-18(16,17)7-5-13/h1-3,8,13-15H,4-7,9-10H2. The van der Waals surface area contributed by atoms with E-state index in [2.05, 4.69) is 5.32 Å². The third-order valence-corrected chi connectivity index (χ3v) is 5.04. The van der Waals surface area contributed by atoms with Gasteiger partial charge in [-0.05, 0) is 24.0 Å². The monoisotopic (exact) mass is 269 g/mol. The normalized spacial score (nSPS) is 19.8. The summed E-state index contributed by atoms with van der Waals surface area (Å²) in [6.07, 6.45) is 1.39. The number of nitrogens with one attached hydrogen (secondary N) is 1. The maximum atomic E-state index is 11.3. The van der Waals surface area contributed by atoms with Crippen LogP contribution in [0.25, 0.3) is 0 Å². The van der Waals surface area contributed by atoms with E-state index in [0.29, 0.717) is 24.3 Å². The Morgan fingerprint density at radius 2 is 1.89 bits per heavy atom. The molecule has 0 atom stereocenters. The SMILES string of the molecule is O=S1(=O)CCC(NCc2cccc(CO)c2)CC1. The largest absolute Gasteiger partial charge is 0.392 e. The molecule has 1 aromatic carbocycles. The number of benzene rings is 1. The highest BCUT2D eigenvalue weighted by molar-refractivity contribution is 7.91. The van der Waals surface area contributed by atoms with Gasteiger partial charge in [-0.1, -0.05) is 24.3 Å². The van der Waals surface area contributed by atoms with Crippen molar-refractivity contribution < 1.29 is 13.5 Å². The predicted molar refractivity (Wildman–Crippen MR) is 70.9 cm³/mol. The minimum Gasteiger partial charge on any atom is -0.392 e. The molecule has 1 saturated heterocycles. The van der Waals surface area contributed by atoms with Crippen LogP contribution in [0.5, 0.6) is 0 Å². The Balaban J connectivity index is 1.85. The van der Waals surface area contributed by atoms with Gasteiger partial charge in [0.1, 0.15) is 9.84 Å². The first-order valence-electron chi connectivity index (χ1n) is 6.21. The molecule has 0 radical (unpaired) electrons. The van der Waals surface area contributed by atoms with Crippen LogP contribution in [0.4, 0.5) is 0 Å². The lowest BCUT2D eigenvalue weighted by molar-refractivity contribution is 0.281. The Bertz CT molecular complexity index is 485. The summed E-state index contributed by atoms with van der Waals surface area (Å²) in [6, 6.07) is 8.06. The Morgan fingerprint density at radius 1 is 1.22 bits per heavy atom. The first-order chi connectivity index (χ1) is 8.59. The summed E-state index contributed by atoms with van der Waals surface area (Å²) >= 11 is 0. The van der Waals surface area contributed by atoms with Crippen LogP contribution in [-0.4, -0.2) is 31.1 Å². The van der Waals surface area contributed by atoms with Gasteiger partial charge >= 0.3 is 0 Å². The van der Waals surface area contributed by atoms with Gasteiger partial charge in [0.05, 0.1) is 18.1 Å². The molecular weight excluding hydrogens is 250 g/mol. The number of rotatable bonds is 4. The number of hydrogen-bond donors (Lipinski definition) is 2. The minimum absolute atomic E-state index is 0.0511. The first-order valence-corrected chi connectivity index (χ1v) is 8.04. The lowest BCUT2D eigenvalue weighted by Crippen LogP contribution is -2.37. The minimum atomic E-state index is -2.78. The quantitative estimate of drug-likeness (QED) is 0.850. The van der Waals surface area contributed by atoms with Crippen molar-refractivity contribution in [3.05, 3.63) is 35.4 Å². The van der Waals surface area contributed by atoms with Crippen molar-refractivity contribution in [3.8, 4) is 0 Å². The zero-order valence-electron chi connectivity index (χ0n) is 10.3. The molecule has 18 heavy (non-hydrogen) atoms. The van der Waals surface area contributed by atoms with Crippen molar-refractivity contribution in [1.29, 1.82) is 0 Å². The maximum absolute atomic E-state index is 11.3. The van der Waals surface area contributed by atoms with Crippen molar-refractivity contribution in [2.24, 2.45) is 0 Å². The maximum Gasteiger partial charge on any atom is 0.150 e. The van der Waals surface area contributed by atoms with Gasteiger partial charge < -0.3 is 10.4 Å². The fraction of sp³-hybridized carbons (Fsp3) is 0.538. The van der Waals surface area contributed by atoms with E-state index in [-0.39, 0.29) is 12.6 Å². The number of hydrogen-bond acceptors (Lipinski definition) is 4. The molecular formula is C13H19NO3S. The van der Waals surface area contributed by atoms with Crippen LogP contribution in [-0.2, 0) is 23.0 Å². The van der Waals surface area contributed by atoms with Gasteiger partial charge in [0.25, 0.3) is 0 Å². The third kappa shape index (κ3) is 3.80. The van der Waals surface area contributed by atoms with Crippen molar-refractivity contribution in [2.75, 3.05) is 11.5 Å². The molecule has 1 aromatic rings. The fourth-order valence-electron chi connectivity index (χ4n) is 2.19. The summed E-state index contributed by atoms with van der Waals surface area (Å²) in [7, 11) is -2.78. The average Bonchev–Trinajstić information content (AvgIpc) is 2.38. The Kier molecular flexibility index (Phi) is 4.37. The molecule has 0 amide bonds. The molecule has 0 aliphatic carbocycles.